The molecule has 0 fully saturated rings. The number of sulfonamides is 1. The molecule has 1 amide bonds. The zero-order valence-corrected chi connectivity index (χ0v) is 19.5. The summed E-state index contributed by atoms with van der Waals surface area (Å²) in [5.74, 6) is -1.04. The predicted octanol–water partition coefficient (Wildman–Crippen LogP) is 3.29. The van der Waals surface area contributed by atoms with Crippen LogP contribution in [-0.4, -0.2) is 37.8 Å². The van der Waals surface area contributed by atoms with Gasteiger partial charge in [0.2, 0.25) is 0 Å². The van der Waals surface area contributed by atoms with Crippen LogP contribution in [0, 0.1) is 0 Å². The summed E-state index contributed by atoms with van der Waals surface area (Å²) in [6, 6.07) is 19.5. The molecule has 1 N–H and O–H groups in total. The van der Waals surface area contributed by atoms with Crippen LogP contribution < -0.4 is 5.32 Å². The fourth-order valence-corrected chi connectivity index (χ4v) is 6.59. The number of nitrogens with zero attached hydrogens (tertiary/aromatic N) is 1. The average Bonchev–Trinajstić information content (AvgIpc) is 3.38. The third-order valence-corrected chi connectivity index (χ3v) is 8.76. The molecule has 0 saturated heterocycles. The Kier molecular flexibility index (Phi) is 7.22. The van der Waals surface area contributed by atoms with E-state index in [4.69, 9.17) is 4.74 Å². The van der Waals surface area contributed by atoms with Gasteiger partial charge in [0.25, 0.3) is 15.9 Å². The van der Waals surface area contributed by atoms with E-state index >= 15 is 0 Å². The number of fused-ring (bicyclic) bond motifs is 1. The monoisotopic (exact) mass is 484 g/mol. The van der Waals surface area contributed by atoms with Crippen molar-refractivity contribution in [2.24, 2.45) is 0 Å². The molecule has 0 spiro atoms. The van der Waals surface area contributed by atoms with Gasteiger partial charge in [-0.25, -0.2) is 8.42 Å². The number of thiophene rings is 1. The smallest absolute Gasteiger partial charge is 0.308 e. The second-order valence-corrected chi connectivity index (χ2v) is 10.7. The number of ether oxygens (including phenoxy) is 1. The lowest BCUT2D eigenvalue weighted by Crippen LogP contribution is -2.41. The lowest BCUT2D eigenvalue weighted by molar-refractivity contribution is -0.149. The van der Waals surface area contributed by atoms with E-state index in [0.717, 1.165) is 28.0 Å². The zero-order chi connectivity index (χ0) is 23.3. The highest BCUT2D eigenvalue weighted by Gasteiger charge is 2.38. The van der Waals surface area contributed by atoms with Gasteiger partial charge in [0.15, 0.2) is 6.61 Å². The largest absolute Gasteiger partial charge is 0.456 e. The molecule has 1 aromatic heterocycles. The van der Waals surface area contributed by atoms with Crippen molar-refractivity contribution in [1.29, 1.82) is 0 Å². The number of carbonyl (C=O) groups excluding carboxylic acids is 2. The summed E-state index contributed by atoms with van der Waals surface area (Å²) in [5.41, 5.74) is 2.73. The van der Waals surface area contributed by atoms with E-state index in [1.807, 2.05) is 54.6 Å². The quantitative estimate of drug-likeness (QED) is 0.496. The van der Waals surface area contributed by atoms with Gasteiger partial charge in [0.05, 0.1) is 12.5 Å². The van der Waals surface area contributed by atoms with Crippen LogP contribution in [0.25, 0.3) is 0 Å². The highest BCUT2D eigenvalue weighted by molar-refractivity contribution is 7.91. The number of benzene rings is 2. The van der Waals surface area contributed by atoms with Gasteiger partial charge in [0.1, 0.15) is 4.21 Å². The summed E-state index contributed by atoms with van der Waals surface area (Å²) >= 11 is 1.14. The Hall–Kier alpha value is -3.01. The number of esters is 1. The molecular weight excluding hydrogens is 460 g/mol. The first-order chi connectivity index (χ1) is 15.9. The Morgan fingerprint density at radius 1 is 1.03 bits per heavy atom. The Labute approximate surface area is 197 Å². The molecule has 7 nitrogen and oxygen atoms in total. The van der Waals surface area contributed by atoms with Gasteiger partial charge in [-0.2, -0.15) is 4.31 Å². The SMILES string of the molecule is O=C(COC(=O)C[C@@H]1c2ccccc2CCN1S(=O)(=O)c1cccs1)NCc1ccccc1. The maximum absolute atomic E-state index is 13.3. The van der Waals surface area contributed by atoms with E-state index < -0.39 is 34.5 Å². The average molecular weight is 485 g/mol. The number of hydrogen-bond acceptors (Lipinski definition) is 6. The molecule has 0 saturated carbocycles. The molecule has 172 valence electrons. The van der Waals surface area contributed by atoms with Crippen LogP contribution in [0.5, 0.6) is 0 Å². The number of nitrogens with one attached hydrogen (secondary N) is 1. The second-order valence-electron chi connectivity index (χ2n) is 7.64. The Balaban J connectivity index is 1.43. The normalized spacial score (nSPS) is 16.1. The molecule has 1 atom stereocenters. The summed E-state index contributed by atoms with van der Waals surface area (Å²) in [6.07, 6.45) is 0.391. The summed E-state index contributed by atoms with van der Waals surface area (Å²) < 4.78 is 33.3. The number of amides is 1. The Morgan fingerprint density at radius 2 is 1.79 bits per heavy atom. The minimum atomic E-state index is -3.76. The van der Waals surface area contributed by atoms with Crippen LogP contribution in [0.15, 0.2) is 76.3 Å². The highest BCUT2D eigenvalue weighted by atomic mass is 32.2. The molecule has 4 rings (SSSR count). The van der Waals surface area contributed by atoms with E-state index in [1.165, 1.54) is 4.31 Å². The molecule has 3 aromatic rings. The highest BCUT2D eigenvalue weighted by Crippen LogP contribution is 2.37. The third kappa shape index (κ3) is 5.50. The van der Waals surface area contributed by atoms with Crippen molar-refractivity contribution in [3.63, 3.8) is 0 Å². The van der Waals surface area contributed by atoms with E-state index in [9.17, 15) is 18.0 Å². The maximum Gasteiger partial charge on any atom is 0.308 e. The standard InChI is InChI=1S/C24H24N2O5S2/c27-22(25-16-18-7-2-1-3-8-18)17-31-23(28)15-21-20-10-5-4-9-19(20)12-13-26(21)33(29,30)24-11-6-14-32-24/h1-11,14,21H,12-13,15-17H2,(H,25,27)/t21-/m1/s1. The van der Waals surface area contributed by atoms with Crippen molar-refractivity contribution in [3.8, 4) is 0 Å². The maximum atomic E-state index is 13.3. The predicted molar refractivity (Wildman–Crippen MR) is 125 cm³/mol. The van der Waals surface area contributed by atoms with Crippen molar-refractivity contribution in [1.82, 2.24) is 9.62 Å². The van der Waals surface area contributed by atoms with Gasteiger partial charge in [0, 0.05) is 13.1 Å². The fourth-order valence-electron chi connectivity index (χ4n) is 3.86. The summed E-state index contributed by atoms with van der Waals surface area (Å²) in [6.45, 7) is 0.185. The summed E-state index contributed by atoms with van der Waals surface area (Å²) in [5, 5.41) is 4.41. The third-order valence-electron chi connectivity index (χ3n) is 5.48. The lowest BCUT2D eigenvalue weighted by Gasteiger charge is -2.35. The summed E-state index contributed by atoms with van der Waals surface area (Å²) in [7, 11) is -3.76. The molecule has 2 aromatic carbocycles. The van der Waals surface area contributed by atoms with Crippen molar-refractivity contribution >= 4 is 33.2 Å². The van der Waals surface area contributed by atoms with Crippen molar-refractivity contribution < 1.29 is 22.7 Å². The molecule has 0 aliphatic carbocycles. The first-order valence-corrected chi connectivity index (χ1v) is 12.9. The van der Waals surface area contributed by atoms with Crippen LogP contribution in [0.3, 0.4) is 0 Å². The molecule has 0 unspecified atom stereocenters. The molecule has 2 heterocycles. The van der Waals surface area contributed by atoms with Gasteiger partial charge in [-0.05, 0) is 34.6 Å². The number of rotatable bonds is 8. The molecular formula is C24H24N2O5S2. The van der Waals surface area contributed by atoms with E-state index in [-0.39, 0.29) is 17.2 Å². The zero-order valence-electron chi connectivity index (χ0n) is 17.8. The molecule has 0 bridgehead atoms. The summed E-state index contributed by atoms with van der Waals surface area (Å²) in [4.78, 5) is 24.7. The number of hydrogen-bond donors (Lipinski definition) is 1. The van der Waals surface area contributed by atoms with Gasteiger partial charge >= 0.3 is 5.97 Å². The fraction of sp³-hybridized carbons (Fsp3) is 0.250. The topological polar surface area (TPSA) is 92.8 Å². The van der Waals surface area contributed by atoms with E-state index in [0.29, 0.717) is 13.0 Å². The van der Waals surface area contributed by atoms with Crippen LogP contribution >= 0.6 is 11.3 Å². The minimum Gasteiger partial charge on any atom is -0.456 e. The second kappa shape index (κ2) is 10.3. The molecule has 0 radical (unpaired) electrons. The Bertz CT molecular complexity index is 1210. The minimum absolute atomic E-state index is 0.173. The van der Waals surface area contributed by atoms with Crippen molar-refractivity contribution in [2.45, 2.75) is 29.6 Å². The molecule has 1 aliphatic rings. The van der Waals surface area contributed by atoms with Crippen LogP contribution in [0.1, 0.15) is 29.2 Å². The van der Waals surface area contributed by atoms with Gasteiger partial charge in [-0.1, -0.05) is 60.7 Å². The van der Waals surface area contributed by atoms with Crippen molar-refractivity contribution in [3.05, 3.63) is 88.8 Å². The first kappa shape index (κ1) is 23.2. The Morgan fingerprint density at radius 3 is 2.55 bits per heavy atom. The van der Waals surface area contributed by atoms with Crippen LogP contribution in [0.2, 0.25) is 0 Å². The lowest BCUT2D eigenvalue weighted by atomic mass is 9.92. The van der Waals surface area contributed by atoms with Gasteiger partial charge < -0.3 is 10.1 Å². The van der Waals surface area contributed by atoms with Gasteiger partial charge in [-0.15, -0.1) is 11.3 Å². The molecule has 1 aliphatic heterocycles. The van der Waals surface area contributed by atoms with Crippen molar-refractivity contribution in [2.75, 3.05) is 13.2 Å². The molecule has 9 heteroatoms. The first-order valence-electron chi connectivity index (χ1n) is 10.5. The molecule has 33 heavy (non-hydrogen) atoms. The van der Waals surface area contributed by atoms with Crippen LogP contribution in [0.4, 0.5) is 0 Å². The van der Waals surface area contributed by atoms with E-state index in [2.05, 4.69) is 5.32 Å². The van der Waals surface area contributed by atoms with Crippen LogP contribution in [-0.2, 0) is 37.3 Å². The van der Waals surface area contributed by atoms with Gasteiger partial charge in [-0.3, -0.25) is 9.59 Å². The number of carbonyl (C=O) groups is 2. The van der Waals surface area contributed by atoms with E-state index in [1.54, 1.807) is 17.5 Å².